The molecule has 8 nitrogen and oxygen atoms in total. The molecule has 0 saturated heterocycles. The molecular weight excluding hydrogens is 548 g/mol. The molecule has 4 aromatic heterocycles. The number of carbonyl (C=O) groups excluding carboxylic acids is 2. The number of ketones is 2. The van der Waals surface area contributed by atoms with E-state index in [4.69, 9.17) is 11.6 Å². The van der Waals surface area contributed by atoms with E-state index in [9.17, 15) is 9.59 Å². The van der Waals surface area contributed by atoms with E-state index in [-0.39, 0.29) is 11.6 Å². The van der Waals surface area contributed by atoms with Crippen LogP contribution in [0.3, 0.4) is 0 Å². The number of allylic oxidation sites excluding steroid dienone is 2. The summed E-state index contributed by atoms with van der Waals surface area (Å²) >= 11 is 5.74. The summed E-state index contributed by atoms with van der Waals surface area (Å²) in [6.07, 6.45) is 7.79. The Hall–Kier alpha value is -4.17. The number of hydrogen-bond donors (Lipinski definition) is 0. The standard InChI is InChI=1S/C15H17N3O.C14H14ClN3O.2C2H6/c1-5-6-12-9-13(11(3)19)15(18(12)4)14-8-7-10(2)16-17-14;1-4-5-10-8-11(9(2)19)14(18(10)3)12-6-7-13(15)17-16-12;2*1-2/h5-9H,1-4H3;4-8H,1-3H3;2*1-2H3/b6-5-;5-4-;;. The van der Waals surface area contributed by atoms with Gasteiger partial charge in [0.25, 0.3) is 0 Å². The number of aryl methyl sites for hydroxylation is 1. The van der Waals surface area contributed by atoms with Gasteiger partial charge in [-0.3, -0.25) is 9.59 Å². The minimum Gasteiger partial charge on any atom is -0.342 e. The lowest BCUT2D eigenvalue weighted by atomic mass is 10.1. The van der Waals surface area contributed by atoms with Crippen molar-refractivity contribution in [1.29, 1.82) is 0 Å². The first kappa shape index (κ1) is 35.9. The van der Waals surface area contributed by atoms with Gasteiger partial charge in [0.1, 0.15) is 11.4 Å². The summed E-state index contributed by atoms with van der Waals surface area (Å²) in [6, 6.07) is 11.0. The predicted molar refractivity (Wildman–Crippen MR) is 175 cm³/mol. The fourth-order valence-corrected chi connectivity index (χ4v) is 4.13. The van der Waals surface area contributed by atoms with E-state index in [2.05, 4.69) is 20.4 Å². The average molecular weight is 591 g/mol. The molecule has 0 unspecified atom stereocenters. The second kappa shape index (κ2) is 17.6. The Kier molecular flexibility index (Phi) is 15.0. The van der Waals surface area contributed by atoms with Crippen LogP contribution >= 0.6 is 11.6 Å². The maximum atomic E-state index is 11.8. The van der Waals surface area contributed by atoms with Gasteiger partial charge >= 0.3 is 0 Å². The zero-order chi connectivity index (χ0) is 32.0. The maximum Gasteiger partial charge on any atom is 0.162 e. The van der Waals surface area contributed by atoms with E-state index in [1.807, 2.05) is 120 Å². The van der Waals surface area contributed by atoms with Crippen molar-refractivity contribution in [3.05, 3.63) is 81.9 Å². The van der Waals surface area contributed by atoms with E-state index in [1.54, 1.807) is 26.0 Å². The van der Waals surface area contributed by atoms with Gasteiger partial charge in [-0.25, -0.2) is 0 Å². The largest absolute Gasteiger partial charge is 0.342 e. The maximum absolute atomic E-state index is 11.8. The highest BCUT2D eigenvalue weighted by atomic mass is 35.5. The lowest BCUT2D eigenvalue weighted by Crippen LogP contribution is -2.01. The molecule has 0 aliphatic carbocycles. The van der Waals surface area contributed by atoms with Crippen LogP contribution in [-0.4, -0.2) is 41.1 Å². The Balaban J connectivity index is 0.000000376. The minimum atomic E-state index is -0.00176. The summed E-state index contributed by atoms with van der Waals surface area (Å²) in [5.41, 5.74) is 7.00. The molecule has 4 aromatic rings. The molecule has 0 spiro atoms. The SMILES string of the molecule is C/C=C\c1cc(C(C)=O)c(-c2ccc(C)nn2)n1C.C/C=C\c1cc(C(C)=O)c(-c2ccc(Cl)nn2)n1C.CC.CC. The smallest absolute Gasteiger partial charge is 0.162 e. The molecule has 0 saturated carbocycles. The lowest BCUT2D eigenvalue weighted by molar-refractivity contribution is 0.101. The quantitative estimate of drug-likeness (QED) is 0.209. The molecule has 0 fully saturated rings. The fourth-order valence-electron chi connectivity index (χ4n) is 4.03. The van der Waals surface area contributed by atoms with Crippen molar-refractivity contribution in [2.24, 2.45) is 14.1 Å². The molecule has 0 amide bonds. The Bertz CT molecular complexity index is 1400. The number of Topliss-reactive ketones (excluding diaryl/α,β-unsaturated/α-hetero) is 2. The summed E-state index contributed by atoms with van der Waals surface area (Å²) in [6.45, 7) is 16.9. The molecule has 42 heavy (non-hydrogen) atoms. The van der Waals surface area contributed by atoms with Crippen molar-refractivity contribution < 1.29 is 9.59 Å². The molecule has 0 aliphatic heterocycles. The molecule has 4 rings (SSSR count). The van der Waals surface area contributed by atoms with Crippen LogP contribution in [0.5, 0.6) is 0 Å². The molecular formula is C33H43ClN6O2. The number of aromatic nitrogens is 6. The molecule has 9 heteroatoms. The van der Waals surface area contributed by atoms with Crippen LogP contribution in [-0.2, 0) is 14.1 Å². The van der Waals surface area contributed by atoms with E-state index in [1.165, 1.54) is 0 Å². The van der Waals surface area contributed by atoms with Crippen LogP contribution in [0, 0.1) is 6.92 Å². The third-order valence-corrected chi connectivity index (χ3v) is 6.09. The number of rotatable bonds is 6. The molecule has 0 aromatic carbocycles. The molecule has 0 atom stereocenters. The molecule has 224 valence electrons. The summed E-state index contributed by atoms with van der Waals surface area (Å²) < 4.78 is 3.89. The van der Waals surface area contributed by atoms with Gasteiger partial charge in [-0.05, 0) is 83.2 Å². The van der Waals surface area contributed by atoms with Crippen LogP contribution in [0.15, 0.2) is 48.6 Å². The lowest BCUT2D eigenvalue weighted by Gasteiger charge is -2.06. The van der Waals surface area contributed by atoms with Crippen molar-refractivity contribution in [3.8, 4) is 22.8 Å². The van der Waals surface area contributed by atoms with Crippen molar-refractivity contribution >= 4 is 35.3 Å². The monoisotopic (exact) mass is 590 g/mol. The third-order valence-electron chi connectivity index (χ3n) is 5.89. The van der Waals surface area contributed by atoms with E-state index < -0.39 is 0 Å². The van der Waals surface area contributed by atoms with Crippen molar-refractivity contribution in [3.63, 3.8) is 0 Å². The number of hydrogen-bond acceptors (Lipinski definition) is 6. The second-order valence-electron chi connectivity index (χ2n) is 8.69. The van der Waals surface area contributed by atoms with Gasteiger partial charge in [-0.2, -0.15) is 5.10 Å². The predicted octanol–water partition coefficient (Wildman–Crippen LogP) is 8.45. The van der Waals surface area contributed by atoms with Crippen LogP contribution in [0.4, 0.5) is 0 Å². The third kappa shape index (κ3) is 8.91. The van der Waals surface area contributed by atoms with Crippen molar-refractivity contribution in [1.82, 2.24) is 29.5 Å². The van der Waals surface area contributed by atoms with Gasteiger partial charge in [0, 0.05) is 36.6 Å². The van der Waals surface area contributed by atoms with Gasteiger partial charge < -0.3 is 9.13 Å². The fraction of sp³-hybridized carbons (Fsp3) is 0.333. The van der Waals surface area contributed by atoms with Gasteiger partial charge in [0.15, 0.2) is 16.7 Å². The van der Waals surface area contributed by atoms with Crippen molar-refractivity contribution in [2.75, 3.05) is 0 Å². The van der Waals surface area contributed by atoms with Gasteiger partial charge in [0.05, 0.1) is 17.1 Å². The first-order chi connectivity index (χ1) is 20.1. The van der Waals surface area contributed by atoms with Crippen LogP contribution in [0.25, 0.3) is 34.9 Å². The average Bonchev–Trinajstić information content (AvgIpc) is 3.49. The number of carbonyl (C=O) groups is 2. The summed E-state index contributed by atoms with van der Waals surface area (Å²) in [5, 5.41) is 16.4. The van der Waals surface area contributed by atoms with E-state index in [0.29, 0.717) is 27.7 Å². The summed E-state index contributed by atoms with van der Waals surface area (Å²) in [4.78, 5) is 23.6. The topological polar surface area (TPSA) is 95.6 Å². The van der Waals surface area contributed by atoms with Gasteiger partial charge in [-0.1, -0.05) is 51.4 Å². The number of nitrogens with zero attached hydrogens (tertiary/aromatic N) is 6. The van der Waals surface area contributed by atoms with Gasteiger partial charge in [-0.15, -0.1) is 15.3 Å². The van der Waals surface area contributed by atoms with E-state index in [0.717, 1.165) is 28.5 Å². The van der Waals surface area contributed by atoms with Crippen LogP contribution in [0.2, 0.25) is 5.15 Å². The Labute approximate surface area is 255 Å². The zero-order valence-electron chi connectivity index (χ0n) is 26.7. The summed E-state index contributed by atoms with van der Waals surface area (Å²) in [5.74, 6) is 0.0295. The zero-order valence-corrected chi connectivity index (χ0v) is 27.4. The second-order valence-corrected chi connectivity index (χ2v) is 9.08. The molecule has 0 radical (unpaired) electrons. The summed E-state index contributed by atoms with van der Waals surface area (Å²) in [7, 11) is 3.83. The molecule has 0 bridgehead atoms. The number of halogens is 1. The first-order valence-electron chi connectivity index (χ1n) is 14.1. The van der Waals surface area contributed by atoms with Crippen molar-refractivity contribution in [2.45, 2.75) is 62.3 Å². The Morgan fingerprint density at radius 3 is 1.40 bits per heavy atom. The normalized spacial score (nSPS) is 10.4. The Morgan fingerprint density at radius 2 is 1.10 bits per heavy atom. The molecule has 0 N–H and O–H groups in total. The molecule has 4 heterocycles. The Morgan fingerprint density at radius 1 is 0.690 bits per heavy atom. The van der Waals surface area contributed by atoms with Crippen LogP contribution < -0.4 is 0 Å². The molecule has 0 aliphatic rings. The minimum absolute atomic E-state index is 0.00176. The van der Waals surface area contributed by atoms with Crippen LogP contribution in [0.1, 0.15) is 93.2 Å². The highest BCUT2D eigenvalue weighted by Crippen LogP contribution is 2.27. The van der Waals surface area contributed by atoms with Gasteiger partial charge in [0.2, 0.25) is 0 Å². The highest BCUT2D eigenvalue weighted by molar-refractivity contribution is 6.29. The van der Waals surface area contributed by atoms with E-state index >= 15 is 0 Å². The first-order valence-corrected chi connectivity index (χ1v) is 14.4. The highest BCUT2D eigenvalue weighted by Gasteiger charge is 2.18.